The summed E-state index contributed by atoms with van der Waals surface area (Å²) in [4.78, 5) is 12.0. The molecule has 0 radical (unpaired) electrons. The van der Waals surface area contributed by atoms with Gasteiger partial charge in [-0.2, -0.15) is 13.2 Å². The van der Waals surface area contributed by atoms with Crippen molar-refractivity contribution in [2.45, 2.75) is 6.18 Å². The van der Waals surface area contributed by atoms with E-state index in [4.69, 9.17) is 21.1 Å². The van der Waals surface area contributed by atoms with E-state index in [0.717, 1.165) is 18.2 Å². The number of benzene rings is 2. The van der Waals surface area contributed by atoms with Gasteiger partial charge in [0.2, 0.25) is 5.91 Å². The lowest BCUT2D eigenvalue weighted by atomic mass is 10.1. The molecule has 0 spiro atoms. The van der Waals surface area contributed by atoms with Gasteiger partial charge in [0.1, 0.15) is 11.5 Å². The second-order valence-electron chi connectivity index (χ2n) is 5.13. The highest BCUT2D eigenvalue weighted by Gasteiger charge is 2.33. The fourth-order valence-electron chi connectivity index (χ4n) is 2.11. The summed E-state index contributed by atoms with van der Waals surface area (Å²) in [6.07, 6.45) is -2.19. The number of ether oxygens (including phenoxy) is 2. The van der Waals surface area contributed by atoms with Crippen molar-refractivity contribution in [2.75, 3.05) is 19.5 Å². The van der Waals surface area contributed by atoms with Crippen LogP contribution in [-0.2, 0) is 11.0 Å². The van der Waals surface area contributed by atoms with Gasteiger partial charge in [0.15, 0.2) is 0 Å². The van der Waals surface area contributed by atoms with Crippen LogP contribution >= 0.6 is 11.6 Å². The molecular formula is C18H15ClF3NO3. The van der Waals surface area contributed by atoms with Crippen molar-refractivity contribution >= 4 is 29.3 Å². The van der Waals surface area contributed by atoms with Crippen LogP contribution in [0, 0.1) is 0 Å². The first kappa shape index (κ1) is 19.7. The molecule has 0 atom stereocenters. The Morgan fingerprint density at radius 2 is 1.85 bits per heavy atom. The monoisotopic (exact) mass is 385 g/mol. The molecule has 0 fully saturated rings. The Labute approximate surface area is 153 Å². The molecule has 138 valence electrons. The summed E-state index contributed by atoms with van der Waals surface area (Å²) < 4.78 is 48.8. The Hall–Kier alpha value is -2.67. The molecule has 0 aliphatic heterocycles. The van der Waals surface area contributed by atoms with Gasteiger partial charge < -0.3 is 14.8 Å². The Bertz CT molecular complexity index is 835. The largest absolute Gasteiger partial charge is 0.497 e. The Morgan fingerprint density at radius 3 is 2.46 bits per heavy atom. The van der Waals surface area contributed by atoms with Gasteiger partial charge in [-0.05, 0) is 35.9 Å². The predicted octanol–water partition coefficient (Wildman–Crippen LogP) is 5.03. The quantitative estimate of drug-likeness (QED) is 0.734. The first-order valence-electron chi connectivity index (χ1n) is 7.32. The number of carbonyl (C=O) groups is 1. The van der Waals surface area contributed by atoms with Crippen LogP contribution in [0.25, 0.3) is 6.08 Å². The van der Waals surface area contributed by atoms with E-state index in [1.807, 2.05) is 0 Å². The third-order valence-corrected chi connectivity index (χ3v) is 3.72. The van der Waals surface area contributed by atoms with Gasteiger partial charge in [0, 0.05) is 12.1 Å². The highest BCUT2D eigenvalue weighted by Crippen LogP contribution is 2.35. The van der Waals surface area contributed by atoms with E-state index in [-0.39, 0.29) is 5.56 Å². The van der Waals surface area contributed by atoms with E-state index in [0.29, 0.717) is 17.2 Å². The topological polar surface area (TPSA) is 47.6 Å². The predicted molar refractivity (Wildman–Crippen MR) is 93.7 cm³/mol. The van der Waals surface area contributed by atoms with Crippen molar-refractivity contribution in [1.29, 1.82) is 0 Å². The van der Waals surface area contributed by atoms with Crippen LogP contribution < -0.4 is 14.8 Å². The lowest BCUT2D eigenvalue weighted by molar-refractivity contribution is -0.137. The maximum Gasteiger partial charge on any atom is 0.417 e. The van der Waals surface area contributed by atoms with Crippen LogP contribution in [0.1, 0.15) is 11.1 Å². The van der Waals surface area contributed by atoms with Crippen LogP contribution in [0.5, 0.6) is 11.5 Å². The van der Waals surface area contributed by atoms with Crippen molar-refractivity contribution in [3.8, 4) is 11.5 Å². The first-order valence-corrected chi connectivity index (χ1v) is 7.70. The summed E-state index contributed by atoms with van der Waals surface area (Å²) in [5.41, 5.74) is -0.368. The number of hydrogen-bond acceptors (Lipinski definition) is 3. The zero-order valence-electron chi connectivity index (χ0n) is 13.9. The first-order chi connectivity index (χ1) is 12.2. The Balaban J connectivity index is 2.16. The van der Waals surface area contributed by atoms with Crippen LogP contribution in [0.3, 0.4) is 0 Å². The zero-order valence-corrected chi connectivity index (χ0v) is 14.6. The maximum atomic E-state index is 12.8. The van der Waals surface area contributed by atoms with Crippen molar-refractivity contribution in [1.82, 2.24) is 0 Å². The molecule has 26 heavy (non-hydrogen) atoms. The van der Waals surface area contributed by atoms with Crippen LogP contribution in [0.4, 0.5) is 18.9 Å². The number of methoxy groups -OCH3 is 2. The number of hydrogen-bond donors (Lipinski definition) is 1. The minimum absolute atomic E-state index is 0.193. The molecule has 0 aliphatic rings. The highest BCUT2D eigenvalue weighted by atomic mass is 35.5. The van der Waals surface area contributed by atoms with Crippen molar-refractivity contribution in [3.63, 3.8) is 0 Å². The summed E-state index contributed by atoms with van der Waals surface area (Å²) in [6, 6.07) is 8.21. The zero-order chi connectivity index (χ0) is 19.3. The lowest BCUT2D eigenvalue weighted by Crippen LogP contribution is -2.09. The number of nitrogens with one attached hydrogen (secondary N) is 1. The maximum absolute atomic E-state index is 12.8. The third-order valence-electron chi connectivity index (χ3n) is 3.39. The van der Waals surface area contributed by atoms with Gasteiger partial charge in [0.05, 0.1) is 30.5 Å². The molecule has 2 rings (SSSR count). The van der Waals surface area contributed by atoms with Crippen LogP contribution in [-0.4, -0.2) is 20.1 Å². The van der Waals surface area contributed by atoms with E-state index in [1.165, 1.54) is 26.4 Å². The molecule has 0 aliphatic carbocycles. The molecule has 0 saturated heterocycles. The van der Waals surface area contributed by atoms with Gasteiger partial charge in [-0.25, -0.2) is 0 Å². The van der Waals surface area contributed by atoms with Gasteiger partial charge in [0.25, 0.3) is 0 Å². The number of amides is 1. The fourth-order valence-corrected chi connectivity index (χ4v) is 2.34. The minimum Gasteiger partial charge on any atom is -0.497 e. The molecular weight excluding hydrogens is 371 g/mol. The molecule has 0 heterocycles. The molecule has 1 N–H and O–H groups in total. The number of carbonyl (C=O) groups excluding carboxylic acids is 1. The van der Waals surface area contributed by atoms with E-state index in [9.17, 15) is 18.0 Å². The molecule has 0 bridgehead atoms. The average Bonchev–Trinajstić information content (AvgIpc) is 2.60. The number of halogens is 4. The molecule has 0 aromatic heterocycles. The van der Waals surface area contributed by atoms with E-state index >= 15 is 0 Å². The molecule has 1 amide bonds. The van der Waals surface area contributed by atoms with Crippen LogP contribution in [0.2, 0.25) is 5.02 Å². The summed E-state index contributed by atoms with van der Waals surface area (Å²) in [6.45, 7) is 0. The van der Waals surface area contributed by atoms with Crippen molar-refractivity contribution < 1.29 is 27.4 Å². The van der Waals surface area contributed by atoms with Gasteiger partial charge >= 0.3 is 6.18 Å². The molecule has 0 saturated carbocycles. The number of anilines is 1. The second-order valence-corrected chi connectivity index (χ2v) is 5.53. The van der Waals surface area contributed by atoms with E-state index < -0.39 is 22.7 Å². The summed E-state index contributed by atoms with van der Waals surface area (Å²) in [5, 5.41) is 2.18. The molecule has 0 unspecified atom stereocenters. The summed E-state index contributed by atoms with van der Waals surface area (Å²) >= 11 is 5.56. The van der Waals surface area contributed by atoms with E-state index in [1.54, 1.807) is 18.2 Å². The molecule has 2 aromatic rings. The van der Waals surface area contributed by atoms with Gasteiger partial charge in [-0.1, -0.05) is 17.7 Å². The normalized spacial score (nSPS) is 11.5. The SMILES string of the molecule is COc1ccc(NC(=O)/C=C/c2ccc(Cl)c(C(F)(F)F)c2)c(OC)c1. The Morgan fingerprint density at radius 1 is 1.12 bits per heavy atom. The Kier molecular flexibility index (Phi) is 6.15. The second kappa shape index (κ2) is 8.14. The average molecular weight is 386 g/mol. The van der Waals surface area contributed by atoms with Crippen LogP contribution in [0.15, 0.2) is 42.5 Å². The standard InChI is InChI=1S/C18H15ClF3NO3/c1-25-12-5-7-15(16(10-12)26-2)23-17(24)8-4-11-3-6-14(19)13(9-11)18(20,21)22/h3-10H,1-2H3,(H,23,24)/b8-4+. The third kappa shape index (κ3) is 4.92. The molecule has 8 heteroatoms. The fraction of sp³-hybridized carbons (Fsp3) is 0.167. The van der Waals surface area contributed by atoms with Crippen molar-refractivity contribution in [2.24, 2.45) is 0 Å². The summed E-state index contributed by atoms with van der Waals surface area (Å²) in [7, 11) is 2.93. The molecule has 4 nitrogen and oxygen atoms in total. The van der Waals surface area contributed by atoms with Gasteiger partial charge in [-0.15, -0.1) is 0 Å². The lowest BCUT2D eigenvalue weighted by Gasteiger charge is -2.10. The number of alkyl halides is 3. The summed E-state index contributed by atoms with van der Waals surface area (Å²) in [5.74, 6) is 0.408. The highest BCUT2D eigenvalue weighted by molar-refractivity contribution is 6.31. The van der Waals surface area contributed by atoms with Crippen molar-refractivity contribution in [3.05, 3.63) is 58.6 Å². The molecule has 2 aromatic carbocycles. The smallest absolute Gasteiger partial charge is 0.417 e. The van der Waals surface area contributed by atoms with Gasteiger partial charge in [-0.3, -0.25) is 4.79 Å². The van der Waals surface area contributed by atoms with E-state index in [2.05, 4.69) is 5.32 Å². The minimum atomic E-state index is -4.57. The number of rotatable bonds is 5.